The zero-order valence-corrected chi connectivity index (χ0v) is 16.2. The molecule has 0 saturated heterocycles. The summed E-state index contributed by atoms with van der Waals surface area (Å²) in [6.45, 7) is 5.44. The second-order valence-electron chi connectivity index (χ2n) is 7.23. The first-order valence-electron chi connectivity index (χ1n) is 9.45. The molecule has 0 unspecified atom stereocenters. The van der Waals surface area contributed by atoms with Gasteiger partial charge in [0.25, 0.3) is 5.91 Å². The minimum Gasteiger partial charge on any atom is -0.351 e. The molecule has 0 aromatic carbocycles. The lowest BCUT2D eigenvalue weighted by Crippen LogP contribution is -2.51. The lowest BCUT2D eigenvalue weighted by atomic mass is 9.98. The summed E-state index contributed by atoms with van der Waals surface area (Å²) in [7, 11) is 1.71. The zero-order valence-electron chi connectivity index (χ0n) is 16.2. The molecule has 1 saturated carbocycles. The van der Waals surface area contributed by atoms with Crippen molar-refractivity contribution in [2.45, 2.75) is 71.4 Å². The molecule has 1 aromatic heterocycles. The van der Waals surface area contributed by atoms with E-state index in [-0.39, 0.29) is 29.6 Å². The average Bonchev–Trinajstić information content (AvgIpc) is 3.17. The number of aromatic nitrogens is 2. The number of nitrogens with zero attached hydrogens (tertiary/aromatic N) is 2. The fourth-order valence-corrected chi connectivity index (χ4v) is 3.64. The van der Waals surface area contributed by atoms with Gasteiger partial charge in [-0.05, 0) is 39.2 Å². The molecule has 1 aliphatic rings. The van der Waals surface area contributed by atoms with Crippen molar-refractivity contribution in [2.24, 2.45) is 13.0 Å². The zero-order chi connectivity index (χ0) is 19.3. The Balaban J connectivity index is 2.05. The highest BCUT2D eigenvalue weighted by atomic mass is 16.2. The molecule has 0 bridgehead atoms. The summed E-state index contributed by atoms with van der Waals surface area (Å²) in [5.74, 6) is -0.503. The van der Waals surface area contributed by atoms with Crippen molar-refractivity contribution in [1.82, 2.24) is 20.4 Å². The molecule has 7 nitrogen and oxygen atoms in total. The smallest absolute Gasteiger partial charge is 0.270 e. The van der Waals surface area contributed by atoms with Gasteiger partial charge in [-0.25, -0.2) is 0 Å². The molecule has 0 spiro atoms. The monoisotopic (exact) mass is 362 g/mol. The predicted octanol–water partition coefficient (Wildman–Crippen LogP) is 1.89. The standard InChI is InChI=1S/C19H30N4O3/c1-5-6-9-16(21-19(26)17-11-12(2)22-23(17)4)18(25)20-15-10-7-8-14(15)13(3)24/h11,14-16H,5-10H2,1-4H3,(H,20,25)(H,21,26)/t14-,15-,16-/m0/s1. The molecule has 1 aromatic rings. The van der Waals surface area contributed by atoms with Crippen LogP contribution in [0.2, 0.25) is 0 Å². The summed E-state index contributed by atoms with van der Waals surface area (Å²) in [6, 6.07) is 0.971. The number of unbranched alkanes of at least 4 members (excludes halogenated alkanes) is 1. The van der Waals surface area contributed by atoms with Crippen LogP contribution in [0.25, 0.3) is 0 Å². The third kappa shape index (κ3) is 4.93. The van der Waals surface area contributed by atoms with Gasteiger partial charge < -0.3 is 10.6 Å². The van der Waals surface area contributed by atoms with E-state index in [0.717, 1.165) is 37.8 Å². The Morgan fingerprint density at radius 3 is 2.65 bits per heavy atom. The van der Waals surface area contributed by atoms with Crippen LogP contribution >= 0.6 is 0 Å². The van der Waals surface area contributed by atoms with Gasteiger partial charge in [-0.15, -0.1) is 0 Å². The summed E-state index contributed by atoms with van der Waals surface area (Å²) in [6.07, 6.45) is 4.91. The highest BCUT2D eigenvalue weighted by Crippen LogP contribution is 2.26. The van der Waals surface area contributed by atoms with E-state index in [2.05, 4.69) is 15.7 Å². The normalized spacial score (nSPS) is 20.6. The van der Waals surface area contributed by atoms with Gasteiger partial charge in [0, 0.05) is 19.0 Å². The number of carbonyl (C=O) groups excluding carboxylic acids is 3. The fraction of sp³-hybridized carbons (Fsp3) is 0.684. The first-order chi connectivity index (χ1) is 12.3. The highest BCUT2D eigenvalue weighted by Gasteiger charge is 2.33. The Morgan fingerprint density at radius 2 is 2.08 bits per heavy atom. The van der Waals surface area contributed by atoms with Crippen molar-refractivity contribution >= 4 is 17.6 Å². The van der Waals surface area contributed by atoms with Crippen LogP contribution in [0.1, 0.15) is 68.6 Å². The first kappa shape index (κ1) is 20.1. The summed E-state index contributed by atoms with van der Waals surface area (Å²) in [5, 5.41) is 10.0. The van der Waals surface area contributed by atoms with Crippen LogP contribution in [-0.2, 0) is 16.6 Å². The number of nitrogens with one attached hydrogen (secondary N) is 2. The molecule has 144 valence electrons. The third-order valence-electron chi connectivity index (χ3n) is 5.07. The van der Waals surface area contributed by atoms with E-state index in [1.807, 2.05) is 13.8 Å². The van der Waals surface area contributed by atoms with Crippen LogP contribution < -0.4 is 10.6 Å². The number of aryl methyl sites for hydroxylation is 2. The quantitative estimate of drug-likeness (QED) is 0.738. The van der Waals surface area contributed by atoms with Crippen molar-refractivity contribution < 1.29 is 14.4 Å². The van der Waals surface area contributed by atoms with E-state index in [9.17, 15) is 14.4 Å². The number of carbonyl (C=O) groups is 3. The van der Waals surface area contributed by atoms with E-state index < -0.39 is 6.04 Å². The van der Waals surface area contributed by atoms with Gasteiger partial charge in [-0.2, -0.15) is 5.10 Å². The number of hydrogen-bond donors (Lipinski definition) is 2. The number of Topliss-reactive ketones (excluding diaryl/α,β-unsaturated/α-hetero) is 1. The molecular weight excluding hydrogens is 332 g/mol. The van der Waals surface area contributed by atoms with Gasteiger partial charge in [0.1, 0.15) is 17.5 Å². The Morgan fingerprint density at radius 1 is 1.35 bits per heavy atom. The predicted molar refractivity (Wildman–Crippen MR) is 98.7 cm³/mol. The second kappa shape index (κ2) is 8.96. The summed E-state index contributed by atoms with van der Waals surface area (Å²) in [5.41, 5.74) is 1.18. The molecule has 7 heteroatoms. The van der Waals surface area contributed by atoms with Crippen molar-refractivity contribution in [3.8, 4) is 0 Å². The van der Waals surface area contributed by atoms with E-state index in [0.29, 0.717) is 12.1 Å². The highest BCUT2D eigenvalue weighted by molar-refractivity contribution is 5.96. The Bertz CT molecular complexity index is 668. The van der Waals surface area contributed by atoms with E-state index in [1.54, 1.807) is 20.0 Å². The molecular formula is C19H30N4O3. The molecule has 1 aliphatic carbocycles. The van der Waals surface area contributed by atoms with Gasteiger partial charge in [0.2, 0.25) is 5.91 Å². The molecule has 3 atom stereocenters. The fourth-order valence-electron chi connectivity index (χ4n) is 3.64. The third-order valence-corrected chi connectivity index (χ3v) is 5.07. The summed E-state index contributed by atoms with van der Waals surface area (Å²) < 4.78 is 1.52. The molecule has 26 heavy (non-hydrogen) atoms. The second-order valence-corrected chi connectivity index (χ2v) is 7.23. The molecule has 1 heterocycles. The van der Waals surface area contributed by atoms with Crippen LogP contribution in [-0.4, -0.2) is 39.5 Å². The summed E-state index contributed by atoms with van der Waals surface area (Å²) >= 11 is 0. The van der Waals surface area contributed by atoms with Crippen LogP contribution in [0.3, 0.4) is 0 Å². The minimum absolute atomic E-state index is 0.110. The molecule has 2 amide bonds. The first-order valence-corrected chi connectivity index (χ1v) is 9.45. The van der Waals surface area contributed by atoms with Gasteiger partial charge >= 0.3 is 0 Å². The minimum atomic E-state index is -0.606. The maximum Gasteiger partial charge on any atom is 0.270 e. The molecule has 2 N–H and O–H groups in total. The molecule has 2 rings (SSSR count). The topological polar surface area (TPSA) is 93.1 Å². The molecule has 1 fully saturated rings. The van der Waals surface area contributed by atoms with E-state index in [4.69, 9.17) is 0 Å². The lowest BCUT2D eigenvalue weighted by Gasteiger charge is -2.23. The molecule has 0 radical (unpaired) electrons. The van der Waals surface area contributed by atoms with Crippen molar-refractivity contribution in [3.05, 3.63) is 17.5 Å². The number of ketones is 1. The van der Waals surface area contributed by atoms with Gasteiger partial charge in [0.15, 0.2) is 0 Å². The van der Waals surface area contributed by atoms with Crippen LogP contribution in [0.4, 0.5) is 0 Å². The average molecular weight is 362 g/mol. The number of amides is 2. The van der Waals surface area contributed by atoms with Gasteiger partial charge in [0.05, 0.1) is 5.69 Å². The number of hydrogen-bond acceptors (Lipinski definition) is 4. The van der Waals surface area contributed by atoms with Crippen LogP contribution in [0.5, 0.6) is 0 Å². The Kier molecular flexibility index (Phi) is 6.94. The van der Waals surface area contributed by atoms with Crippen molar-refractivity contribution in [2.75, 3.05) is 0 Å². The van der Waals surface area contributed by atoms with E-state index in [1.165, 1.54) is 4.68 Å². The van der Waals surface area contributed by atoms with Crippen molar-refractivity contribution in [3.63, 3.8) is 0 Å². The van der Waals surface area contributed by atoms with Crippen LogP contribution in [0, 0.1) is 12.8 Å². The van der Waals surface area contributed by atoms with Crippen LogP contribution in [0.15, 0.2) is 6.07 Å². The maximum atomic E-state index is 12.8. The van der Waals surface area contributed by atoms with Gasteiger partial charge in [-0.1, -0.05) is 26.2 Å². The maximum absolute atomic E-state index is 12.8. The lowest BCUT2D eigenvalue weighted by molar-refractivity contribution is -0.125. The molecule has 0 aliphatic heterocycles. The van der Waals surface area contributed by atoms with Crippen molar-refractivity contribution in [1.29, 1.82) is 0 Å². The Labute approximate surface area is 154 Å². The van der Waals surface area contributed by atoms with Gasteiger partial charge in [-0.3, -0.25) is 19.1 Å². The van der Waals surface area contributed by atoms with E-state index >= 15 is 0 Å². The largest absolute Gasteiger partial charge is 0.351 e. The Hall–Kier alpha value is -2.18. The number of rotatable bonds is 8. The summed E-state index contributed by atoms with van der Waals surface area (Å²) in [4.78, 5) is 37.1. The SMILES string of the molecule is CCCC[C@H](NC(=O)c1cc(C)nn1C)C(=O)N[C@H]1CCC[C@H]1C(C)=O.